The minimum Gasteiger partial charge on any atom is -0.479 e. The molecule has 5 heteroatoms. The van der Waals surface area contributed by atoms with E-state index in [-0.39, 0.29) is 19.5 Å². The topological polar surface area (TPSA) is 77.8 Å². The molecule has 0 aliphatic rings. The fourth-order valence-corrected chi connectivity index (χ4v) is 0.0781. The van der Waals surface area contributed by atoms with Crippen molar-refractivity contribution < 1.29 is 39.6 Å². The van der Waals surface area contributed by atoms with Crippen molar-refractivity contribution >= 4 is 5.97 Å². The van der Waals surface area contributed by atoms with E-state index >= 15 is 0 Å². The molecule has 0 saturated carbocycles. The molecule has 0 aromatic heterocycles. The van der Waals surface area contributed by atoms with Gasteiger partial charge in [0.1, 0.15) is 0 Å². The number of carbonyl (C=O) groups is 1. The van der Waals surface area contributed by atoms with Gasteiger partial charge in [0.25, 0.3) is 0 Å². The van der Waals surface area contributed by atoms with Crippen LogP contribution in [0.4, 0.5) is 0 Å². The van der Waals surface area contributed by atoms with Crippen molar-refractivity contribution in [2.45, 2.75) is 6.10 Å². The van der Waals surface area contributed by atoms with Crippen LogP contribution < -0.4 is 0 Å². The minimum atomic E-state index is -1.63. The van der Waals surface area contributed by atoms with Crippen LogP contribution in [-0.4, -0.2) is 34.0 Å². The summed E-state index contributed by atoms with van der Waals surface area (Å²) in [5, 5.41) is 23.7. The van der Waals surface area contributed by atoms with E-state index < -0.39 is 18.7 Å². The van der Waals surface area contributed by atoms with E-state index in [9.17, 15) is 4.79 Å². The van der Waals surface area contributed by atoms with E-state index in [4.69, 9.17) is 15.3 Å². The number of aliphatic hydroxyl groups is 2. The molecule has 0 fully saturated rings. The van der Waals surface area contributed by atoms with Crippen LogP contribution in [0.3, 0.4) is 0 Å². The summed E-state index contributed by atoms with van der Waals surface area (Å²) < 4.78 is 0. The van der Waals surface area contributed by atoms with Crippen LogP contribution in [0, 0.1) is 0 Å². The molecule has 4 nitrogen and oxygen atoms in total. The Bertz CT molecular complexity index is 73.7. The molecule has 0 radical (unpaired) electrons. The first-order chi connectivity index (χ1) is 3.18. The van der Waals surface area contributed by atoms with Crippen molar-refractivity contribution in [3.63, 3.8) is 0 Å². The summed E-state index contributed by atoms with van der Waals surface area (Å²) in [5.74, 6) is -1.40. The smallest absolute Gasteiger partial charge is 0.334 e. The van der Waals surface area contributed by atoms with Gasteiger partial charge in [-0.05, 0) is 0 Å². The maximum absolute atomic E-state index is 9.52. The number of rotatable bonds is 2. The van der Waals surface area contributed by atoms with Gasteiger partial charge in [0.05, 0.1) is 6.61 Å². The average Bonchev–Trinajstić information content (AvgIpc) is 1.65. The molecule has 0 amide bonds. The van der Waals surface area contributed by atoms with Crippen LogP contribution in [0.25, 0.3) is 0 Å². The predicted molar refractivity (Wildman–Crippen MR) is 20.7 cm³/mol. The number of aliphatic hydroxyl groups excluding tert-OH is 2. The molecule has 8 heavy (non-hydrogen) atoms. The maximum atomic E-state index is 9.52. The maximum Gasteiger partial charge on any atom is 0.334 e. The Morgan fingerprint density at radius 1 is 1.62 bits per heavy atom. The van der Waals surface area contributed by atoms with Crippen LogP contribution in [0.2, 0.25) is 0 Å². The summed E-state index contributed by atoms with van der Waals surface area (Å²) in [6.45, 7) is -0.727. The Labute approximate surface area is 58.9 Å². The standard InChI is InChI=1S/C3H6O4.Zn/c4-1-2(5)3(6)7;/h2,4-5H,1H2,(H,6,7);/t2-;/m1./s1. The van der Waals surface area contributed by atoms with E-state index in [1.807, 2.05) is 0 Å². The van der Waals surface area contributed by atoms with Gasteiger partial charge in [0.2, 0.25) is 0 Å². The third kappa shape index (κ3) is 4.18. The molecule has 0 heterocycles. The van der Waals surface area contributed by atoms with Crippen molar-refractivity contribution in [1.82, 2.24) is 0 Å². The number of aliphatic carboxylic acids is 1. The van der Waals surface area contributed by atoms with Gasteiger partial charge >= 0.3 is 5.97 Å². The molecule has 44 valence electrons. The molecular formula is C3H6O4Zn. The fourth-order valence-electron chi connectivity index (χ4n) is 0.0781. The molecule has 0 saturated heterocycles. The third-order valence-corrected chi connectivity index (χ3v) is 0.458. The second-order valence-corrected chi connectivity index (χ2v) is 1.04. The molecule has 0 unspecified atom stereocenters. The molecule has 3 N–H and O–H groups in total. The summed E-state index contributed by atoms with van der Waals surface area (Å²) in [6.07, 6.45) is -1.63. The monoisotopic (exact) mass is 170 g/mol. The van der Waals surface area contributed by atoms with E-state index in [2.05, 4.69) is 0 Å². The predicted octanol–water partition coefficient (Wildman–Crippen LogP) is -1.58. The number of carboxylic acid groups (broad SMARTS) is 1. The summed E-state index contributed by atoms with van der Waals surface area (Å²) in [5.41, 5.74) is 0. The molecule has 0 aromatic carbocycles. The normalized spacial score (nSPS) is 11.8. The van der Waals surface area contributed by atoms with Crippen molar-refractivity contribution in [2.24, 2.45) is 0 Å². The summed E-state index contributed by atoms with van der Waals surface area (Å²) in [7, 11) is 0. The Balaban J connectivity index is 0. The number of hydrogen-bond donors (Lipinski definition) is 3. The summed E-state index contributed by atoms with van der Waals surface area (Å²) >= 11 is 0. The Kier molecular flexibility index (Phi) is 7.03. The van der Waals surface area contributed by atoms with Gasteiger partial charge in [0, 0.05) is 19.5 Å². The SMILES string of the molecule is O=C(O)[C@H](O)CO.[Zn]. The largest absolute Gasteiger partial charge is 0.479 e. The summed E-state index contributed by atoms with van der Waals surface area (Å²) in [6, 6.07) is 0. The van der Waals surface area contributed by atoms with E-state index in [0.29, 0.717) is 0 Å². The second-order valence-electron chi connectivity index (χ2n) is 1.04. The van der Waals surface area contributed by atoms with Crippen LogP contribution >= 0.6 is 0 Å². The molecule has 0 spiro atoms. The van der Waals surface area contributed by atoms with Gasteiger partial charge in [-0.15, -0.1) is 0 Å². The third-order valence-electron chi connectivity index (χ3n) is 0.458. The zero-order valence-electron chi connectivity index (χ0n) is 4.24. The van der Waals surface area contributed by atoms with Crippen molar-refractivity contribution in [3.05, 3.63) is 0 Å². The molecule has 1 atom stereocenters. The van der Waals surface area contributed by atoms with Crippen LogP contribution in [0.15, 0.2) is 0 Å². The van der Waals surface area contributed by atoms with Gasteiger partial charge in [-0.3, -0.25) is 0 Å². The molecule has 0 aromatic rings. The zero-order valence-corrected chi connectivity index (χ0v) is 7.21. The van der Waals surface area contributed by atoms with Gasteiger partial charge in [0.15, 0.2) is 6.10 Å². The number of hydrogen-bond acceptors (Lipinski definition) is 3. The first kappa shape index (κ1) is 10.9. The van der Waals surface area contributed by atoms with Gasteiger partial charge < -0.3 is 15.3 Å². The average molecular weight is 171 g/mol. The van der Waals surface area contributed by atoms with E-state index in [1.165, 1.54) is 0 Å². The minimum absolute atomic E-state index is 0. The van der Waals surface area contributed by atoms with Crippen molar-refractivity contribution in [2.75, 3.05) is 6.61 Å². The first-order valence-electron chi connectivity index (χ1n) is 1.70. The zero-order chi connectivity index (χ0) is 5.86. The molecule has 0 aliphatic carbocycles. The number of carboxylic acids is 1. The quantitative estimate of drug-likeness (QED) is 0.439. The van der Waals surface area contributed by atoms with E-state index in [0.717, 1.165) is 0 Å². The second kappa shape index (κ2) is 5.16. The summed E-state index contributed by atoms with van der Waals surface area (Å²) in [4.78, 5) is 9.52. The van der Waals surface area contributed by atoms with Gasteiger partial charge in [-0.2, -0.15) is 0 Å². The Hall–Kier alpha value is 0.0134. The first-order valence-corrected chi connectivity index (χ1v) is 1.70. The molecular weight excluding hydrogens is 165 g/mol. The Morgan fingerprint density at radius 2 is 2.00 bits per heavy atom. The Morgan fingerprint density at radius 3 is 2.00 bits per heavy atom. The van der Waals surface area contributed by atoms with Crippen molar-refractivity contribution in [3.8, 4) is 0 Å². The fraction of sp³-hybridized carbons (Fsp3) is 0.667. The van der Waals surface area contributed by atoms with Gasteiger partial charge in [-0.1, -0.05) is 0 Å². The molecule has 0 bridgehead atoms. The van der Waals surface area contributed by atoms with Crippen LogP contribution in [0.5, 0.6) is 0 Å². The van der Waals surface area contributed by atoms with Gasteiger partial charge in [-0.25, -0.2) is 4.79 Å². The molecule has 0 aliphatic heterocycles. The molecule has 0 rings (SSSR count). The van der Waals surface area contributed by atoms with Crippen LogP contribution in [0.1, 0.15) is 0 Å². The van der Waals surface area contributed by atoms with Crippen LogP contribution in [-0.2, 0) is 24.3 Å². The van der Waals surface area contributed by atoms with E-state index in [1.54, 1.807) is 0 Å². The van der Waals surface area contributed by atoms with Crippen molar-refractivity contribution in [1.29, 1.82) is 0 Å².